The Balaban J connectivity index is 4.09. The maximum Gasteiger partial charge on any atom is 0.303 e. The fourth-order valence-corrected chi connectivity index (χ4v) is 0.568. The predicted molar refractivity (Wildman–Crippen MR) is 43.3 cm³/mol. The van der Waals surface area contributed by atoms with Gasteiger partial charge in [0.2, 0.25) is 0 Å². The molecule has 0 unspecified atom stereocenters. The summed E-state index contributed by atoms with van der Waals surface area (Å²) in [6, 6.07) is 0. The lowest BCUT2D eigenvalue weighted by Crippen LogP contribution is -2.32. The van der Waals surface area contributed by atoms with E-state index >= 15 is 0 Å². The standard InChI is InChI=1S/C9H16O2/c1-8(10)11-9(2)6-4-3-5-7-9/h3-7H2,1-2H3/i2D3,3D2,4D2,5D2,6D2,7D2. The lowest BCUT2D eigenvalue weighted by molar-refractivity contribution is -0.158. The fourth-order valence-electron chi connectivity index (χ4n) is 0.568. The van der Waals surface area contributed by atoms with E-state index in [-0.39, 0.29) is 0 Å². The van der Waals surface area contributed by atoms with E-state index in [1.165, 1.54) is 0 Å². The van der Waals surface area contributed by atoms with E-state index in [2.05, 4.69) is 4.74 Å². The number of hydrogen-bond donors (Lipinski definition) is 0. The van der Waals surface area contributed by atoms with E-state index in [9.17, 15) is 4.79 Å². The van der Waals surface area contributed by atoms with Crippen molar-refractivity contribution in [2.24, 2.45) is 0 Å². The van der Waals surface area contributed by atoms with Gasteiger partial charge in [-0.1, -0.05) is 6.37 Å². The van der Waals surface area contributed by atoms with Gasteiger partial charge in [0.15, 0.2) is 0 Å². The maximum atomic E-state index is 11.4. The molecule has 0 aliphatic heterocycles. The SMILES string of the molecule is [2H]C([2H])([2H])C1(OC(C)=O)C([2H])([2H])C([2H])([2H])C([2H])([2H])C([2H])([2H])C1([2H])[2H]. The number of hydrogen-bond acceptors (Lipinski definition) is 2. The van der Waals surface area contributed by atoms with Crippen LogP contribution in [0.1, 0.15) is 63.5 Å². The third-order valence-corrected chi connectivity index (χ3v) is 0.899. The van der Waals surface area contributed by atoms with Crippen LogP contribution in [0.3, 0.4) is 0 Å². The Morgan fingerprint density at radius 2 is 2.18 bits per heavy atom. The topological polar surface area (TPSA) is 26.3 Å². The summed E-state index contributed by atoms with van der Waals surface area (Å²) < 4.78 is 104. The lowest BCUT2D eigenvalue weighted by Gasteiger charge is -2.32. The van der Waals surface area contributed by atoms with Crippen LogP contribution in [-0.2, 0) is 9.53 Å². The van der Waals surface area contributed by atoms with E-state index in [1.807, 2.05) is 0 Å². The van der Waals surface area contributed by atoms with Gasteiger partial charge in [-0.15, -0.1) is 0 Å². The molecule has 1 aliphatic rings. The number of rotatable bonds is 1. The average Bonchev–Trinajstić information content (AvgIpc) is 2.31. The van der Waals surface area contributed by atoms with Crippen LogP contribution in [-0.4, -0.2) is 11.6 Å². The van der Waals surface area contributed by atoms with Crippen molar-refractivity contribution in [3.05, 3.63) is 0 Å². The Morgan fingerprint density at radius 3 is 2.64 bits per heavy atom. The average molecular weight is 169 g/mol. The van der Waals surface area contributed by atoms with Gasteiger partial charge in [-0.05, 0) is 32.3 Å². The molecule has 0 heterocycles. The van der Waals surface area contributed by atoms with E-state index in [1.54, 1.807) is 0 Å². The smallest absolute Gasteiger partial charge is 0.303 e. The van der Waals surface area contributed by atoms with Crippen molar-refractivity contribution in [1.82, 2.24) is 0 Å². The van der Waals surface area contributed by atoms with Crippen molar-refractivity contribution in [1.29, 1.82) is 0 Å². The Morgan fingerprint density at radius 1 is 1.55 bits per heavy atom. The number of ether oxygens (including phenoxy) is 1. The van der Waals surface area contributed by atoms with Crippen molar-refractivity contribution >= 4 is 5.97 Å². The zero-order chi connectivity index (χ0) is 19.8. The molecule has 0 radical (unpaired) electrons. The monoisotopic (exact) mass is 169 g/mol. The van der Waals surface area contributed by atoms with Gasteiger partial charge in [-0.25, -0.2) is 0 Å². The van der Waals surface area contributed by atoms with Crippen molar-refractivity contribution in [2.75, 3.05) is 0 Å². The molecule has 0 aromatic heterocycles. The molecule has 0 aromatic carbocycles. The molecule has 1 saturated carbocycles. The highest BCUT2D eigenvalue weighted by molar-refractivity contribution is 5.66. The molecule has 0 spiro atoms. The van der Waals surface area contributed by atoms with E-state index in [0.29, 0.717) is 6.92 Å². The van der Waals surface area contributed by atoms with Crippen molar-refractivity contribution in [3.8, 4) is 0 Å². The molecule has 1 rings (SSSR count). The molecule has 1 fully saturated rings. The second-order valence-corrected chi connectivity index (χ2v) is 1.90. The molecule has 2 nitrogen and oxygen atoms in total. The van der Waals surface area contributed by atoms with Gasteiger partial charge in [0.1, 0.15) is 5.60 Å². The normalized spacial score (nSPS) is 64.3. The summed E-state index contributed by atoms with van der Waals surface area (Å²) >= 11 is 0. The summed E-state index contributed by atoms with van der Waals surface area (Å²) in [4.78, 5) is 11.4. The molecule has 0 saturated heterocycles. The van der Waals surface area contributed by atoms with Gasteiger partial charge >= 0.3 is 5.97 Å². The van der Waals surface area contributed by atoms with E-state index in [4.69, 9.17) is 17.8 Å². The molecule has 0 aromatic rings. The minimum atomic E-state index is -3.94. The van der Waals surface area contributed by atoms with Crippen molar-refractivity contribution in [2.45, 2.75) is 51.2 Å². The van der Waals surface area contributed by atoms with Gasteiger partial charge in [0.05, 0.1) is 0 Å². The summed E-state index contributed by atoms with van der Waals surface area (Å²) in [7, 11) is 0. The lowest BCUT2D eigenvalue weighted by atomic mass is 9.86. The fraction of sp³-hybridized carbons (Fsp3) is 0.889. The second kappa shape index (κ2) is 3.24. The second-order valence-electron chi connectivity index (χ2n) is 1.90. The first-order valence-electron chi connectivity index (χ1n) is 9.36. The zero-order valence-corrected chi connectivity index (χ0v) is 5.82. The third kappa shape index (κ3) is 2.52. The highest BCUT2D eigenvalue weighted by Crippen LogP contribution is 2.30. The molecule has 0 bridgehead atoms. The molecule has 11 heavy (non-hydrogen) atoms. The summed E-state index contributed by atoms with van der Waals surface area (Å²) in [6.07, 6.45) is -19.3. The van der Waals surface area contributed by atoms with Gasteiger partial charge in [-0.2, -0.15) is 0 Å². The van der Waals surface area contributed by atoms with Crippen LogP contribution < -0.4 is 0 Å². The molecule has 0 atom stereocenters. The van der Waals surface area contributed by atoms with E-state index in [0.717, 1.165) is 0 Å². The highest BCUT2D eigenvalue weighted by Gasteiger charge is 2.29. The first-order valence-corrected chi connectivity index (χ1v) is 2.86. The molecule has 2 heteroatoms. The molecular weight excluding hydrogens is 140 g/mol. The third-order valence-electron chi connectivity index (χ3n) is 0.899. The molecule has 0 amide bonds. The first-order chi connectivity index (χ1) is 10.2. The Bertz CT molecular complexity index is 516. The quantitative estimate of drug-likeness (QED) is 0.563. The summed E-state index contributed by atoms with van der Waals surface area (Å²) in [5.74, 6) is -1.48. The van der Waals surface area contributed by atoms with Crippen molar-refractivity contribution < 1.29 is 27.4 Å². The van der Waals surface area contributed by atoms with Gasteiger partial charge < -0.3 is 4.74 Å². The van der Waals surface area contributed by atoms with Crippen LogP contribution >= 0.6 is 0 Å². The molecule has 64 valence electrons. The van der Waals surface area contributed by atoms with Crippen LogP contribution in [0.15, 0.2) is 0 Å². The first kappa shape index (κ1) is 1.70. The largest absolute Gasteiger partial charge is 0.460 e. The molecule has 0 N–H and O–H groups in total. The minimum absolute atomic E-state index is 0.633. The maximum absolute atomic E-state index is 11.4. The minimum Gasteiger partial charge on any atom is -0.460 e. The van der Waals surface area contributed by atoms with Crippen LogP contribution in [0.4, 0.5) is 0 Å². The highest BCUT2D eigenvalue weighted by atomic mass is 16.6. The van der Waals surface area contributed by atoms with Gasteiger partial charge in [0.25, 0.3) is 0 Å². The van der Waals surface area contributed by atoms with Crippen LogP contribution in [0.2, 0.25) is 0 Å². The Kier molecular flexibility index (Phi) is 0.503. The van der Waals surface area contributed by atoms with Crippen LogP contribution in [0, 0.1) is 0 Å². The van der Waals surface area contributed by atoms with Crippen LogP contribution in [0.25, 0.3) is 0 Å². The van der Waals surface area contributed by atoms with Gasteiger partial charge in [-0.3, -0.25) is 4.79 Å². The van der Waals surface area contributed by atoms with Crippen LogP contribution in [0.5, 0.6) is 0 Å². The number of carbonyl (C=O) groups is 1. The Hall–Kier alpha value is -0.530. The summed E-state index contributed by atoms with van der Waals surface area (Å²) in [5, 5.41) is 0. The Labute approximate surface area is 86.2 Å². The molecule has 1 aliphatic carbocycles. The predicted octanol–water partition coefficient (Wildman–Crippen LogP) is 2.27. The summed E-state index contributed by atoms with van der Waals surface area (Å²) in [6.45, 7) is -3.21. The molecular formula is C9H16O2. The van der Waals surface area contributed by atoms with E-state index < -0.39 is 50.3 Å². The zero-order valence-electron chi connectivity index (χ0n) is 18.8. The number of esters is 1. The van der Waals surface area contributed by atoms with Crippen molar-refractivity contribution in [3.63, 3.8) is 0 Å². The summed E-state index contributed by atoms with van der Waals surface area (Å²) in [5.41, 5.74) is -3.92. The van der Waals surface area contributed by atoms with Gasteiger partial charge in [0, 0.05) is 24.7 Å². The number of carbonyl (C=O) groups excluding carboxylic acids is 1.